The van der Waals surface area contributed by atoms with Crippen molar-refractivity contribution >= 4 is 11.3 Å². The van der Waals surface area contributed by atoms with Gasteiger partial charge in [0.2, 0.25) is 0 Å². The van der Waals surface area contributed by atoms with Gasteiger partial charge in [0.15, 0.2) is 11.5 Å². The molecule has 0 fully saturated rings. The molecule has 0 saturated heterocycles. The highest BCUT2D eigenvalue weighted by Gasteiger charge is 2.08. The fraction of sp³-hybridized carbons (Fsp3) is 0.308. The smallest absolute Gasteiger partial charge is 0.161 e. The highest BCUT2D eigenvalue weighted by molar-refractivity contribution is 7.07. The molecule has 0 aliphatic rings. The van der Waals surface area contributed by atoms with Crippen LogP contribution in [0.1, 0.15) is 24.2 Å². The molecule has 0 amide bonds. The normalized spacial score (nSPS) is 12.2. The molecule has 0 aliphatic carbocycles. The molecule has 4 nitrogen and oxygen atoms in total. The fourth-order valence-corrected chi connectivity index (χ4v) is 2.09. The molecule has 1 heterocycles. The first-order valence-electron chi connectivity index (χ1n) is 5.64. The Morgan fingerprint density at radius 1 is 1.39 bits per heavy atom. The van der Waals surface area contributed by atoms with Gasteiger partial charge in [0.1, 0.15) is 6.61 Å². The summed E-state index contributed by atoms with van der Waals surface area (Å²) in [6.07, 6.45) is 0. The van der Waals surface area contributed by atoms with E-state index in [1.54, 1.807) is 24.0 Å². The number of nitrogens with two attached hydrogens (primary N) is 1. The van der Waals surface area contributed by atoms with Crippen LogP contribution in [0.5, 0.6) is 11.5 Å². The minimum Gasteiger partial charge on any atom is -0.493 e. The molecule has 1 aromatic carbocycles. The first-order chi connectivity index (χ1) is 8.70. The Morgan fingerprint density at radius 2 is 2.22 bits per heavy atom. The van der Waals surface area contributed by atoms with Crippen LogP contribution in [0.3, 0.4) is 0 Å². The Kier molecular flexibility index (Phi) is 4.17. The maximum absolute atomic E-state index is 5.83. The van der Waals surface area contributed by atoms with Crippen LogP contribution in [-0.4, -0.2) is 12.1 Å². The van der Waals surface area contributed by atoms with E-state index in [0.29, 0.717) is 18.1 Å². The van der Waals surface area contributed by atoms with E-state index in [4.69, 9.17) is 15.2 Å². The number of aromatic nitrogens is 1. The van der Waals surface area contributed by atoms with Crippen molar-refractivity contribution in [3.05, 3.63) is 40.3 Å². The van der Waals surface area contributed by atoms with E-state index in [1.165, 1.54) is 0 Å². The van der Waals surface area contributed by atoms with Crippen molar-refractivity contribution in [1.29, 1.82) is 0 Å². The topological polar surface area (TPSA) is 57.4 Å². The van der Waals surface area contributed by atoms with Crippen LogP contribution in [0.15, 0.2) is 29.1 Å². The molecule has 5 heteroatoms. The maximum Gasteiger partial charge on any atom is 0.161 e. The summed E-state index contributed by atoms with van der Waals surface area (Å²) in [6, 6.07) is 5.71. The van der Waals surface area contributed by atoms with Crippen LogP contribution in [-0.2, 0) is 6.61 Å². The number of thiazole rings is 1. The molecular formula is C13H16N2O2S. The lowest BCUT2D eigenvalue weighted by Crippen LogP contribution is -2.05. The van der Waals surface area contributed by atoms with Gasteiger partial charge >= 0.3 is 0 Å². The second-order valence-electron chi connectivity index (χ2n) is 3.97. The molecule has 0 radical (unpaired) electrons. The number of benzene rings is 1. The Morgan fingerprint density at radius 3 is 2.83 bits per heavy atom. The molecule has 0 aliphatic heterocycles. The van der Waals surface area contributed by atoms with Crippen molar-refractivity contribution < 1.29 is 9.47 Å². The minimum absolute atomic E-state index is 0.0218. The Hall–Kier alpha value is -1.59. The van der Waals surface area contributed by atoms with Gasteiger partial charge in [-0.25, -0.2) is 4.98 Å². The summed E-state index contributed by atoms with van der Waals surface area (Å²) in [5.74, 6) is 1.40. The van der Waals surface area contributed by atoms with Crippen LogP contribution < -0.4 is 15.2 Å². The summed E-state index contributed by atoms with van der Waals surface area (Å²) in [7, 11) is 1.62. The zero-order chi connectivity index (χ0) is 13.0. The Balaban J connectivity index is 2.12. The SMILES string of the molecule is COc1cc(C(C)N)ccc1OCc1cscn1. The molecule has 0 saturated carbocycles. The molecule has 2 aromatic rings. The van der Waals surface area contributed by atoms with Crippen LogP contribution in [0.2, 0.25) is 0 Å². The van der Waals surface area contributed by atoms with Crippen molar-refractivity contribution in [3.8, 4) is 11.5 Å². The summed E-state index contributed by atoms with van der Waals surface area (Å²) in [5, 5.41) is 1.96. The number of hydrogen-bond donors (Lipinski definition) is 1. The van der Waals surface area contributed by atoms with Gasteiger partial charge < -0.3 is 15.2 Å². The van der Waals surface area contributed by atoms with Crippen LogP contribution in [0.4, 0.5) is 0 Å². The lowest BCUT2D eigenvalue weighted by atomic mass is 10.1. The van der Waals surface area contributed by atoms with Gasteiger partial charge in [-0.15, -0.1) is 11.3 Å². The molecule has 2 N–H and O–H groups in total. The third kappa shape index (κ3) is 3.00. The third-order valence-corrected chi connectivity index (χ3v) is 3.21. The van der Waals surface area contributed by atoms with Gasteiger partial charge in [0.05, 0.1) is 18.3 Å². The Labute approximate surface area is 110 Å². The zero-order valence-electron chi connectivity index (χ0n) is 10.4. The summed E-state index contributed by atoms with van der Waals surface area (Å²) < 4.78 is 11.0. The van der Waals surface area contributed by atoms with E-state index < -0.39 is 0 Å². The van der Waals surface area contributed by atoms with Crippen LogP contribution in [0, 0.1) is 0 Å². The zero-order valence-corrected chi connectivity index (χ0v) is 11.2. The second kappa shape index (κ2) is 5.84. The van der Waals surface area contributed by atoms with Crippen molar-refractivity contribution in [2.45, 2.75) is 19.6 Å². The monoisotopic (exact) mass is 264 g/mol. The molecular weight excluding hydrogens is 248 g/mol. The lowest BCUT2D eigenvalue weighted by molar-refractivity contribution is 0.281. The summed E-state index contributed by atoms with van der Waals surface area (Å²) in [5.41, 5.74) is 9.56. The van der Waals surface area contributed by atoms with E-state index >= 15 is 0 Å². The number of rotatable bonds is 5. The quantitative estimate of drug-likeness (QED) is 0.902. The van der Waals surface area contributed by atoms with Crippen molar-refractivity contribution in [2.75, 3.05) is 7.11 Å². The first kappa shape index (κ1) is 12.9. The van der Waals surface area contributed by atoms with Gasteiger partial charge in [-0.1, -0.05) is 6.07 Å². The second-order valence-corrected chi connectivity index (χ2v) is 4.69. The van der Waals surface area contributed by atoms with Gasteiger partial charge in [-0.3, -0.25) is 0 Å². The molecule has 96 valence electrons. The van der Waals surface area contributed by atoms with Gasteiger partial charge in [-0.2, -0.15) is 0 Å². The van der Waals surface area contributed by atoms with E-state index in [2.05, 4.69) is 4.98 Å². The van der Waals surface area contributed by atoms with Crippen molar-refractivity contribution in [1.82, 2.24) is 4.98 Å². The minimum atomic E-state index is -0.0218. The van der Waals surface area contributed by atoms with Crippen molar-refractivity contribution in [2.24, 2.45) is 5.73 Å². The average Bonchev–Trinajstić information content (AvgIpc) is 2.89. The van der Waals surface area contributed by atoms with Gasteiger partial charge in [0, 0.05) is 11.4 Å². The van der Waals surface area contributed by atoms with Gasteiger partial charge in [-0.05, 0) is 24.6 Å². The molecule has 2 rings (SSSR count). The fourth-order valence-electron chi connectivity index (χ4n) is 1.55. The lowest BCUT2D eigenvalue weighted by Gasteiger charge is -2.13. The van der Waals surface area contributed by atoms with Crippen molar-refractivity contribution in [3.63, 3.8) is 0 Å². The highest BCUT2D eigenvalue weighted by Crippen LogP contribution is 2.30. The number of ether oxygens (including phenoxy) is 2. The molecule has 18 heavy (non-hydrogen) atoms. The predicted octanol–water partition coefficient (Wildman–Crippen LogP) is 2.75. The van der Waals surface area contributed by atoms with Crippen LogP contribution >= 0.6 is 11.3 Å². The van der Waals surface area contributed by atoms with E-state index in [0.717, 1.165) is 11.3 Å². The average molecular weight is 264 g/mol. The van der Waals surface area contributed by atoms with E-state index in [-0.39, 0.29) is 6.04 Å². The molecule has 0 bridgehead atoms. The largest absolute Gasteiger partial charge is 0.493 e. The predicted molar refractivity (Wildman–Crippen MR) is 72.0 cm³/mol. The van der Waals surface area contributed by atoms with E-state index in [9.17, 15) is 0 Å². The number of hydrogen-bond acceptors (Lipinski definition) is 5. The first-order valence-corrected chi connectivity index (χ1v) is 6.58. The molecule has 0 spiro atoms. The van der Waals surface area contributed by atoms with Gasteiger partial charge in [0.25, 0.3) is 0 Å². The summed E-state index contributed by atoms with van der Waals surface area (Å²) in [4.78, 5) is 4.17. The summed E-state index contributed by atoms with van der Waals surface area (Å²) >= 11 is 1.55. The molecule has 1 aromatic heterocycles. The maximum atomic E-state index is 5.83. The standard InChI is InChI=1S/C13H16N2O2S/c1-9(14)10-3-4-12(13(5-10)16-2)17-6-11-7-18-8-15-11/h3-5,7-9H,6,14H2,1-2H3. The van der Waals surface area contributed by atoms with Crippen LogP contribution in [0.25, 0.3) is 0 Å². The number of nitrogens with zero attached hydrogens (tertiary/aromatic N) is 1. The highest BCUT2D eigenvalue weighted by atomic mass is 32.1. The number of methoxy groups -OCH3 is 1. The Bertz CT molecular complexity index is 498. The molecule has 1 atom stereocenters. The third-order valence-electron chi connectivity index (χ3n) is 2.57. The summed E-state index contributed by atoms with van der Waals surface area (Å²) in [6.45, 7) is 2.38. The molecule has 1 unspecified atom stereocenters. The van der Waals surface area contributed by atoms with E-state index in [1.807, 2.05) is 30.5 Å².